The molecule has 0 N–H and O–H groups in total. The van der Waals surface area contributed by atoms with Crippen molar-refractivity contribution in [1.29, 1.82) is 0 Å². The molecular weight excluding hydrogens is 362 g/mol. The topological polar surface area (TPSA) is 55.8 Å². The minimum Gasteiger partial charge on any atom is -0.497 e. The molecular formula is C21H23NO4S. The van der Waals surface area contributed by atoms with Gasteiger partial charge in [-0.05, 0) is 48.6 Å². The highest BCUT2D eigenvalue weighted by atomic mass is 32.2. The highest BCUT2D eigenvalue weighted by molar-refractivity contribution is 8.15. The van der Waals surface area contributed by atoms with E-state index in [0.29, 0.717) is 24.5 Å². The van der Waals surface area contributed by atoms with Gasteiger partial charge in [0.25, 0.3) is 5.24 Å². The SMILES string of the molecule is COc1ccc(OC)c(C[C@H]2SC(=O)N(CCCc3ccccc3)C2=O)c1. The van der Waals surface area contributed by atoms with Gasteiger partial charge in [-0.1, -0.05) is 42.1 Å². The molecule has 1 aliphatic heterocycles. The summed E-state index contributed by atoms with van der Waals surface area (Å²) in [5, 5.41) is -0.588. The summed E-state index contributed by atoms with van der Waals surface area (Å²) in [6.07, 6.45) is 2.04. The third-order valence-electron chi connectivity index (χ3n) is 4.59. The third kappa shape index (κ3) is 4.63. The van der Waals surface area contributed by atoms with Crippen molar-refractivity contribution < 1.29 is 19.1 Å². The Morgan fingerprint density at radius 3 is 2.52 bits per heavy atom. The molecule has 0 spiro atoms. The van der Waals surface area contributed by atoms with Crippen LogP contribution in [0.4, 0.5) is 4.79 Å². The van der Waals surface area contributed by atoms with E-state index in [0.717, 1.165) is 30.2 Å². The van der Waals surface area contributed by atoms with E-state index in [9.17, 15) is 9.59 Å². The summed E-state index contributed by atoms with van der Waals surface area (Å²) in [6, 6.07) is 15.6. The molecule has 5 nitrogen and oxygen atoms in total. The summed E-state index contributed by atoms with van der Waals surface area (Å²) in [7, 11) is 3.19. The quantitative estimate of drug-likeness (QED) is 0.689. The summed E-state index contributed by atoms with van der Waals surface area (Å²) in [6.45, 7) is 0.450. The van der Waals surface area contributed by atoms with Crippen LogP contribution < -0.4 is 9.47 Å². The van der Waals surface area contributed by atoms with E-state index in [2.05, 4.69) is 12.1 Å². The minimum atomic E-state index is -0.421. The van der Waals surface area contributed by atoms with Gasteiger partial charge in [0.2, 0.25) is 5.91 Å². The number of rotatable bonds is 8. The van der Waals surface area contributed by atoms with Crippen molar-refractivity contribution >= 4 is 22.9 Å². The van der Waals surface area contributed by atoms with Crippen molar-refractivity contribution in [1.82, 2.24) is 4.90 Å². The molecule has 0 bridgehead atoms. The van der Waals surface area contributed by atoms with E-state index in [4.69, 9.17) is 9.47 Å². The zero-order valence-electron chi connectivity index (χ0n) is 15.5. The van der Waals surface area contributed by atoms with Crippen LogP contribution in [-0.2, 0) is 17.6 Å². The summed E-state index contributed by atoms with van der Waals surface area (Å²) in [5.41, 5.74) is 2.07. The number of carbonyl (C=O) groups is 2. The molecule has 2 aromatic carbocycles. The lowest BCUT2D eigenvalue weighted by Crippen LogP contribution is -2.33. The molecule has 0 unspecified atom stereocenters. The number of aryl methyl sites for hydroxylation is 1. The Bertz CT molecular complexity index is 809. The lowest BCUT2D eigenvalue weighted by molar-refractivity contribution is -0.126. The second-order valence-corrected chi connectivity index (χ2v) is 7.49. The molecule has 6 heteroatoms. The van der Waals surface area contributed by atoms with Crippen molar-refractivity contribution in [2.45, 2.75) is 24.5 Å². The number of thioether (sulfide) groups is 1. The molecule has 1 aliphatic rings. The van der Waals surface area contributed by atoms with Crippen molar-refractivity contribution in [3.05, 3.63) is 59.7 Å². The van der Waals surface area contributed by atoms with Gasteiger partial charge >= 0.3 is 0 Å². The maximum absolute atomic E-state index is 12.7. The Morgan fingerprint density at radius 2 is 1.81 bits per heavy atom. The van der Waals surface area contributed by atoms with Crippen LogP contribution in [0.5, 0.6) is 11.5 Å². The lowest BCUT2D eigenvalue weighted by atomic mass is 10.1. The summed E-state index contributed by atoms with van der Waals surface area (Å²) in [4.78, 5) is 26.4. The largest absolute Gasteiger partial charge is 0.497 e. The first-order valence-corrected chi connectivity index (χ1v) is 9.77. The van der Waals surface area contributed by atoms with Crippen LogP contribution in [0.3, 0.4) is 0 Å². The molecule has 27 heavy (non-hydrogen) atoms. The fourth-order valence-electron chi connectivity index (χ4n) is 3.16. The van der Waals surface area contributed by atoms with Gasteiger partial charge < -0.3 is 9.47 Å². The van der Waals surface area contributed by atoms with Crippen molar-refractivity contribution in [2.75, 3.05) is 20.8 Å². The van der Waals surface area contributed by atoms with Crippen LogP contribution >= 0.6 is 11.8 Å². The lowest BCUT2D eigenvalue weighted by Gasteiger charge is -2.15. The molecule has 0 radical (unpaired) electrons. The Balaban J connectivity index is 1.62. The predicted octanol–water partition coefficient (Wildman–Crippen LogP) is 3.94. The number of amides is 2. The number of carbonyl (C=O) groups excluding carboxylic acids is 2. The number of hydrogen-bond donors (Lipinski definition) is 0. The first kappa shape index (κ1) is 19.3. The molecule has 1 atom stereocenters. The van der Waals surface area contributed by atoms with E-state index in [1.807, 2.05) is 36.4 Å². The first-order valence-electron chi connectivity index (χ1n) is 8.89. The third-order valence-corrected chi connectivity index (χ3v) is 5.66. The highest BCUT2D eigenvalue weighted by Crippen LogP contribution is 2.33. The fourth-order valence-corrected chi connectivity index (χ4v) is 4.20. The molecule has 0 aliphatic carbocycles. The molecule has 3 rings (SSSR count). The number of methoxy groups -OCH3 is 2. The Kier molecular flexibility index (Phi) is 6.40. The molecule has 1 saturated heterocycles. The van der Waals surface area contributed by atoms with E-state index < -0.39 is 5.25 Å². The maximum Gasteiger partial charge on any atom is 0.289 e. The zero-order valence-corrected chi connectivity index (χ0v) is 16.3. The number of nitrogens with zero attached hydrogens (tertiary/aromatic N) is 1. The first-order chi connectivity index (χ1) is 13.1. The van der Waals surface area contributed by atoms with Gasteiger partial charge in [-0.3, -0.25) is 14.5 Å². The predicted molar refractivity (Wildman–Crippen MR) is 107 cm³/mol. The Hall–Kier alpha value is -2.47. The van der Waals surface area contributed by atoms with E-state index in [1.165, 1.54) is 10.5 Å². The standard InChI is InChI=1S/C21H23NO4S/c1-25-17-10-11-18(26-2)16(13-17)14-19-20(23)22(21(24)27-19)12-6-9-15-7-4-3-5-8-15/h3-5,7-8,10-11,13,19H,6,9,12,14H2,1-2H3/t19-/m1/s1. The van der Waals surface area contributed by atoms with Crippen molar-refractivity contribution in [3.8, 4) is 11.5 Å². The van der Waals surface area contributed by atoms with Crippen molar-refractivity contribution in [2.24, 2.45) is 0 Å². The highest BCUT2D eigenvalue weighted by Gasteiger charge is 2.39. The van der Waals surface area contributed by atoms with E-state index >= 15 is 0 Å². The van der Waals surface area contributed by atoms with Crippen LogP contribution in [0, 0.1) is 0 Å². The van der Waals surface area contributed by atoms with Crippen LogP contribution in [0.25, 0.3) is 0 Å². The van der Waals surface area contributed by atoms with Gasteiger partial charge in [0, 0.05) is 6.54 Å². The van der Waals surface area contributed by atoms with Gasteiger partial charge in [0.15, 0.2) is 0 Å². The number of imide groups is 1. The van der Waals surface area contributed by atoms with Crippen LogP contribution in [0.2, 0.25) is 0 Å². The average Bonchev–Trinajstić information content (AvgIpc) is 2.96. The second-order valence-electron chi connectivity index (χ2n) is 6.33. The number of benzene rings is 2. The van der Waals surface area contributed by atoms with Gasteiger partial charge in [0.1, 0.15) is 11.5 Å². The summed E-state index contributed by atoms with van der Waals surface area (Å²) < 4.78 is 10.6. The molecule has 142 valence electrons. The number of ether oxygens (including phenoxy) is 2. The Labute approximate surface area is 163 Å². The van der Waals surface area contributed by atoms with Crippen molar-refractivity contribution in [3.63, 3.8) is 0 Å². The van der Waals surface area contributed by atoms with Gasteiger partial charge in [-0.25, -0.2) is 0 Å². The molecule has 0 saturated carbocycles. The molecule has 1 heterocycles. The Morgan fingerprint density at radius 1 is 1.04 bits per heavy atom. The summed E-state index contributed by atoms with van der Waals surface area (Å²) >= 11 is 1.10. The molecule has 1 fully saturated rings. The van der Waals surface area contributed by atoms with Crippen LogP contribution in [-0.4, -0.2) is 42.1 Å². The van der Waals surface area contributed by atoms with Gasteiger partial charge in [-0.2, -0.15) is 0 Å². The summed E-state index contributed by atoms with van der Waals surface area (Å²) in [5.74, 6) is 1.27. The smallest absolute Gasteiger partial charge is 0.289 e. The minimum absolute atomic E-state index is 0.122. The number of hydrogen-bond acceptors (Lipinski definition) is 5. The second kappa shape index (κ2) is 8.95. The van der Waals surface area contributed by atoms with Gasteiger partial charge in [0.05, 0.1) is 19.5 Å². The fraction of sp³-hybridized carbons (Fsp3) is 0.333. The normalized spacial score (nSPS) is 16.7. The maximum atomic E-state index is 12.7. The van der Waals surface area contributed by atoms with E-state index in [1.54, 1.807) is 14.2 Å². The monoisotopic (exact) mass is 385 g/mol. The average molecular weight is 385 g/mol. The molecule has 2 aromatic rings. The zero-order chi connectivity index (χ0) is 19.2. The molecule has 2 amide bonds. The van der Waals surface area contributed by atoms with Gasteiger partial charge in [-0.15, -0.1) is 0 Å². The van der Waals surface area contributed by atoms with Crippen LogP contribution in [0.1, 0.15) is 17.5 Å². The van der Waals surface area contributed by atoms with Crippen LogP contribution in [0.15, 0.2) is 48.5 Å². The molecule has 0 aromatic heterocycles. The van der Waals surface area contributed by atoms with E-state index in [-0.39, 0.29) is 11.1 Å².